The van der Waals surface area contributed by atoms with Crippen molar-refractivity contribution in [2.75, 3.05) is 38.2 Å². The number of rotatable bonds is 6. The number of carbonyl (C=O) groups is 2. The van der Waals surface area contributed by atoms with E-state index in [0.29, 0.717) is 30.6 Å². The van der Waals surface area contributed by atoms with Gasteiger partial charge in [0.05, 0.1) is 13.3 Å². The number of aryl methyl sites for hydroxylation is 2. The number of methoxy groups -OCH3 is 1. The summed E-state index contributed by atoms with van der Waals surface area (Å²) in [5.41, 5.74) is 9.97. The summed E-state index contributed by atoms with van der Waals surface area (Å²) in [7, 11) is 1.66. The number of primary amides is 1. The lowest BCUT2D eigenvalue weighted by Gasteiger charge is -2.24. The maximum absolute atomic E-state index is 13.0. The number of anilines is 1. The number of hydrogen-bond acceptors (Lipinski definition) is 6. The molecule has 33 heavy (non-hydrogen) atoms. The molecule has 0 aliphatic carbocycles. The van der Waals surface area contributed by atoms with Crippen molar-refractivity contribution in [1.29, 1.82) is 0 Å². The highest BCUT2D eigenvalue weighted by Gasteiger charge is 2.21. The van der Waals surface area contributed by atoms with Crippen LogP contribution in [0.5, 0.6) is 5.75 Å². The van der Waals surface area contributed by atoms with Crippen molar-refractivity contribution in [3.8, 4) is 5.75 Å². The molecule has 0 radical (unpaired) electrons. The predicted octanol–water partition coefficient (Wildman–Crippen LogP) is 2.13. The molecule has 1 aromatic carbocycles. The highest BCUT2D eigenvalue weighted by molar-refractivity contribution is 5.98. The monoisotopic (exact) mass is 450 g/mol. The molecular formula is C24H30N6O3. The van der Waals surface area contributed by atoms with E-state index in [1.165, 1.54) is 6.20 Å². The van der Waals surface area contributed by atoms with E-state index in [1.54, 1.807) is 11.6 Å². The summed E-state index contributed by atoms with van der Waals surface area (Å²) >= 11 is 0. The van der Waals surface area contributed by atoms with E-state index in [-0.39, 0.29) is 5.91 Å². The van der Waals surface area contributed by atoms with Gasteiger partial charge >= 0.3 is 0 Å². The molecule has 0 spiro atoms. The minimum absolute atomic E-state index is 0.142. The average Bonchev–Trinajstić information content (AvgIpc) is 3.08. The quantitative estimate of drug-likeness (QED) is 0.617. The van der Waals surface area contributed by atoms with Gasteiger partial charge in [-0.05, 0) is 56.5 Å². The second kappa shape index (κ2) is 9.48. The van der Waals surface area contributed by atoms with Crippen LogP contribution in [0.4, 0.5) is 5.69 Å². The minimum Gasteiger partial charge on any atom is -0.497 e. The lowest BCUT2D eigenvalue weighted by Crippen LogP contribution is -2.35. The average molecular weight is 451 g/mol. The Hall–Kier alpha value is -3.62. The van der Waals surface area contributed by atoms with Crippen LogP contribution in [0.15, 0.2) is 30.5 Å². The van der Waals surface area contributed by atoms with Crippen molar-refractivity contribution in [2.24, 2.45) is 5.73 Å². The van der Waals surface area contributed by atoms with Gasteiger partial charge in [-0.2, -0.15) is 5.10 Å². The standard InChI is InChI=1S/C24H30N6O3/c1-16-20(17(2)30-24(27-16)21(15-26-30)23(25)32)9-10-22(31)29-12-4-11-28(13-14-29)18-5-7-19(33-3)8-6-18/h5-8,15H,4,9-14H2,1-3H3,(H2,25,32). The Morgan fingerprint density at radius 2 is 1.85 bits per heavy atom. The molecule has 1 fully saturated rings. The summed E-state index contributed by atoms with van der Waals surface area (Å²) in [4.78, 5) is 33.4. The minimum atomic E-state index is -0.552. The van der Waals surface area contributed by atoms with Crippen molar-refractivity contribution < 1.29 is 14.3 Å². The van der Waals surface area contributed by atoms with Crippen LogP contribution in [0.2, 0.25) is 0 Å². The molecular weight excluding hydrogens is 420 g/mol. The third-order valence-electron chi connectivity index (χ3n) is 6.35. The van der Waals surface area contributed by atoms with Gasteiger partial charge in [0, 0.05) is 49.7 Å². The zero-order chi connectivity index (χ0) is 23.5. The first-order chi connectivity index (χ1) is 15.9. The molecule has 0 saturated carbocycles. The van der Waals surface area contributed by atoms with Crippen LogP contribution < -0.4 is 15.4 Å². The molecule has 2 N–H and O–H groups in total. The number of aromatic nitrogens is 3. The van der Waals surface area contributed by atoms with Crippen LogP contribution in [0.1, 0.15) is 40.2 Å². The zero-order valence-electron chi connectivity index (χ0n) is 19.4. The number of hydrogen-bond donors (Lipinski definition) is 1. The smallest absolute Gasteiger partial charge is 0.254 e. The summed E-state index contributed by atoms with van der Waals surface area (Å²) < 4.78 is 6.87. The van der Waals surface area contributed by atoms with E-state index in [1.807, 2.05) is 30.9 Å². The van der Waals surface area contributed by atoms with Crippen molar-refractivity contribution in [3.05, 3.63) is 53.0 Å². The van der Waals surface area contributed by atoms with E-state index in [9.17, 15) is 9.59 Å². The number of amides is 2. The molecule has 4 rings (SSSR count). The van der Waals surface area contributed by atoms with Crippen LogP contribution in [0.3, 0.4) is 0 Å². The van der Waals surface area contributed by atoms with Crippen LogP contribution in [-0.4, -0.2) is 64.6 Å². The van der Waals surface area contributed by atoms with E-state index in [4.69, 9.17) is 10.5 Å². The normalized spacial score (nSPS) is 14.4. The first kappa shape index (κ1) is 22.6. The second-order valence-corrected chi connectivity index (χ2v) is 8.34. The van der Waals surface area contributed by atoms with Crippen molar-refractivity contribution >= 4 is 23.1 Å². The summed E-state index contributed by atoms with van der Waals surface area (Å²) in [6, 6.07) is 8.04. The Balaban J connectivity index is 1.40. The highest BCUT2D eigenvalue weighted by Crippen LogP contribution is 2.22. The van der Waals surface area contributed by atoms with Gasteiger partial charge < -0.3 is 20.3 Å². The topological polar surface area (TPSA) is 106 Å². The summed E-state index contributed by atoms with van der Waals surface area (Å²) in [5, 5.41) is 4.26. The fourth-order valence-corrected chi connectivity index (χ4v) is 4.45. The first-order valence-corrected chi connectivity index (χ1v) is 11.2. The van der Waals surface area contributed by atoms with Gasteiger partial charge in [0.2, 0.25) is 5.91 Å². The Kier molecular flexibility index (Phi) is 6.48. The van der Waals surface area contributed by atoms with Gasteiger partial charge in [0.25, 0.3) is 5.91 Å². The van der Waals surface area contributed by atoms with Gasteiger partial charge in [-0.25, -0.2) is 9.50 Å². The summed E-state index contributed by atoms with van der Waals surface area (Å²) in [5.74, 6) is 0.428. The van der Waals surface area contributed by atoms with E-state index in [0.717, 1.165) is 54.4 Å². The lowest BCUT2D eigenvalue weighted by atomic mass is 10.1. The number of ether oxygens (including phenoxy) is 1. The Morgan fingerprint density at radius 1 is 1.09 bits per heavy atom. The Bertz CT molecular complexity index is 1170. The Morgan fingerprint density at radius 3 is 2.55 bits per heavy atom. The van der Waals surface area contributed by atoms with Crippen LogP contribution >= 0.6 is 0 Å². The van der Waals surface area contributed by atoms with Gasteiger partial charge in [0.1, 0.15) is 11.3 Å². The van der Waals surface area contributed by atoms with Gasteiger partial charge in [-0.3, -0.25) is 9.59 Å². The van der Waals surface area contributed by atoms with Crippen molar-refractivity contribution in [2.45, 2.75) is 33.1 Å². The molecule has 0 atom stereocenters. The fraction of sp³-hybridized carbons (Fsp3) is 0.417. The molecule has 9 heteroatoms. The van der Waals surface area contributed by atoms with Crippen LogP contribution in [-0.2, 0) is 11.2 Å². The maximum atomic E-state index is 13.0. The number of benzene rings is 1. The highest BCUT2D eigenvalue weighted by atomic mass is 16.5. The molecule has 1 aliphatic rings. The molecule has 2 amide bonds. The SMILES string of the molecule is COc1ccc(N2CCCN(C(=O)CCc3c(C)nc4c(C(N)=O)cnn4c3C)CC2)cc1. The number of fused-ring (bicyclic) bond motifs is 1. The molecule has 3 heterocycles. The van der Waals surface area contributed by atoms with E-state index >= 15 is 0 Å². The number of carbonyl (C=O) groups excluding carboxylic acids is 2. The van der Waals surface area contributed by atoms with Gasteiger partial charge in [0.15, 0.2) is 5.65 Å². The predicted molar refractivity (Wildman–Crippen MR) is 126 cm³/mol. The molecule has 9 nitrogen and oxygen atoms in total. The summed E-state index contributed by atoms with van der Waals surface area (Å²) in [6.07, 6.45) is 3.34. The Labute approximate surface area is 193 Å². The number of nitrogens with two attached hydrogens (primary N) is 1. The van der Waals surface area contributed by atoms with Crippen LogP contribution in [0.25, 0.3) is 5.65 Å². The second-order valence-electron chi connectivity index (χ2n) is 8.34. The van der Waals surface area contributed by atoms with Gasteiger partial charge in [-0.1, -0.05) is 0 Å². The molecule has 0 unspecified atom stereocenters. The molecule has 3 aromatic rings. The third kappa shape index (κ3) is 4.62. The number of nitrogens with zero attached hydrogens (tertiary/aromatic N) is 5. The van der Waals surface area contributed by atoms with E-state index in [2.05, 4.69) is 27.1 Å². The maximum Gasteiger partial charge on any atom is 0.254 e. The first-order valence-electron chi connectivity index (χ1n) is 11.2. The molecule has 1 aliphatic heterocycles. The fourth-order valence-electron chi connectivity index (χ4n) is 4.45. The zero-order valence-corrected chi connectivity index (χ0v) is 19.4. The lowest BCUT2D eigenvalue weighted by molar-refractivity contribution is -0.130. The summed E-state index contributed by atoms with van der Waals surface area (Å²) in [6.45, 7) is 6.98. The van der Waals surface area contributed by atoms with Gasteiger partial charge in [-0.15, -0.1) is 0 Å². The molecule has 174 valence electrons. The van der Waals surface area contributed by atoms with Crippen molar-refractivity contribution in [1.82, 2.24) is 19.5 Å². The van der Waals surface area contributed by atoms with Crippen LogP contribution in [0, 0.1) is 13.8 Å². The molecule has 1 saturated heterocycles. The van der Waals surface area contributed by atoms with E-state index < -0.39 is 5.91 Å². The van der Waals surface area contributed by atoms with Crippen molar-refractivity contribution in [3.63, 3.8) is 0 Å². The molecule has 0 bridgehead atoms. The third-order valence-corrected chi connectivity index (χ3v) is 6.35. The molecule has 2 aromatic heterocycles. The largest absolute Gasteiger partial charge is 0.497 e.